The predicted molar refractivity (Wildman–Crippen MR) is 392 cm³/mol. The first kappa shape index (κ1) is 89.2. The van der Waals surface area contributed by atoms with E-state index in [4.69, 9.17) is 23.7 Å². The van der Waals surface area contributed by atoms with E-state index in [1.807, 2.05) is 159 Å². The molecule has 27 heteroatoms. The number of hydrogen-bond donors (Lipinski definition) is 6. The van der Waals surface area contributed by atoms with Crippen molar-refractivity contribution in [3.63, 3.8) is 0 Å². The molecule has 0 radical (unpaired) electrons. The van der Waals surface area contributed by atoms with Crippen molar-refractivity contribution in [2.75, 3.05) is 79.1 Å². The van der Waals surface area contributed by atoms with Crippen LogP contribution in [0.5, 0.6) is 0 Å². The molecule has 0 heterocycles. The van der Waals surface area contributed by atoms with Gasteiger partial charge in [-0.3, -0.25) is 47.9 Å². The molecular weight excluding hydrogens is 1480 g/mol. The number of ether oxygens (including phenoxy) is 5. The number of carbonyl (C=O) groups excluding carboxylic acids is 13. The number of hydrogen-bond acceptors (Lipinski definition) is 18. The summed E-state index contributed by atoms with van der Waals surface area (Å²) in [5.74, 6) is -6.13. The van der Waals surface area contributed by atoms with Gasteiger partial charge in [-0.15, -0.1) is 0 Å². The van der Waals surface area contributed by atoms with Gasteiger partial charge in [0, 0.05) is 75.9 Å². The molecule has 24 nitrogen and oxygen atoms in total. The van der Waals surface area contributed by atoms with Crippen LogP contribution in [-0.4, -0.2) is 173 Å². The fraction of sp³-hybridized carbons (Fsp3) is 0.513. The summed E-state index contributed by atoms with van der Waals surface area (Å²) in [4.78, 5) is 169. The Balaban J connectivity index is 0.0000225. The van der Waals surface area contributed by atoms with Crippen molar-refractivity contribution in [1.82, 2.24) is 31.9 Å². The van der Waals surface area contributed by atoms with Crippen LogP contribution in [0, 0.1) is 23.7 Å². The fourth-order valence-electron chi connectivity index (χ4n) is 11.5. The number of alkyl carbamates (subject to hydrolysis) is 1. The minimum Gasteiger partial charge on any atom is -0.449 e. The number of Topliss-reactive ketones (excluding diaryl/α,β-unsaturated/α-hetero) is 6. The van der Waals surface area contributed by atoms with E-state index in [9.17, 15) is 62.3 Å². The first-order valence-corrected chi connectivity index (χ1v) is 38.5. The molecular formula is C76H99IKN6O18P. The molecule has 6 N–H and O–H groups in total. The number of fused-ring (bicyclic) bond motifs is 3. The molecule has 5 unspecified atom stereocenters. The summed E-state index contributed by atoms with van der Waals surface area (Å²) in [6.45, 7) is 7.92. The Bertz CT molecular complexity index is 3370. The summed E-state index contributed by atoms with van der Waals surface area (Å²) < 4.78 is 27.9. The van der Waals surface area contributed by atoms with E-state index < -0.39 is 83.8 Å². The Morgan fingerprint density at radius 3 is 1.41 bits per heavy atom. The van der Waals surface area contributed by atoms with Gasteiger partial charge in [0.1, 0.15) is 37.4 Å². The zero-order valence-electron chi connectivity index (χ0n) is 60.1. The quantitative estimate of drug-likeness (QED) is 0.0142. The normalized spacial score (nSPS) is 13.1. The van der Waals surface area contributed by atoms with Gasteiger partial charge in [0.2, 0.25) is 29.5 Å². The summed E-state index contributed by atoms with van der Waals surface area (Å²) in [6.07, 6.45) is 0.847. The average Bonchev–Trinajstić information content (AvgIpc) is 1.62. The molecule has 0 aliphatic heterocycles. The molecule has 0 saturated heterocycles. The minimum absolute atomic E-state index is 0. The molecule has 4 aromatic rings. The van der Waals surface area contributed by atoms with Gasteiger partial charge >= 0.3 is 57.5 Å². The van der Waals surface area contributed by atoms with E-state index in [0.717, 1.165) is 33.4 Å². The molecule has 554 valence electrons. The zero-order valence-corrected chi connectivity index (χ0v) is 66.2. The predicted octanol–water partition coefficient (Wildman–Crippen LogP) is 5.25. The Kier molecular flexibility index (Phi) is 43.6. The van der Waals surface area contributed by atoms with Gasteiger partial charge in [-0.25, -0.2) is 4.79 Å². The number of nitrogens with one attached hydrogen (secondary N) is 6. The van der Waals surface area contributed by atoms with Gasteiger partial charge in [0.15, 0.2) is 23.1 Å². The average molecular weight is 1580 g/mol. The monoisotopic (exact) mass is 1580 g/mol. The number of carbonyl (C=O) groups is 13. The number of ketones is 6. The van der Waals surface area contributed by atoms with Crippen molar-refractivity contribution < 1.29 is 137 Å². The molecule has 0 aromatic heterocycles. The zero-order chi connectivity index (χ0) is 74.2. The molecule has 6 amide bonds. The van der Waals surface area contributed by atoms with Crippen LogP contribution in [0.15, 0.2) is 109 Å². The third kappa shape index (κ3) is 35.7. The first-order chi connectivity index (χ1) is 49.0. The van der Waals surface area contributed by atoms with Crippen LogP contribution in [-0.2, 0) is 94.1 Å². The van der Waals surface area contributed by atoms with Crippen LogP contribution >= 0.6 is 28.3 Å². The second kappa shape index (κ2) is 50.3. The SMILES string of the molecule is CC(=O)CCC(=O)C(CC(C)C)NC(=O)C(CC(=O)CNC(=O)COCCOCCCC(=O)CCC(NC(=O)OCC1c2ccccc2-c2ccccc21)C(=O)NCCOCCOCC(=O)NCC(=O)CC(Cc1ccccc1)C(=O)NC(CC(C)C)C(=O)CCC(=O)[P-]I)Cc1ccccc1.[K+]. The standard InChI is InChI=1S/C76H99IN6O18P.K/c1-50(2)39-66(68(88)29-26-52(5)84)81-73(93)55(41-53-17-8-6-9-18-53)43-58(86)45-79-70(90)48-99-37-35-97-33-16-21-57(85)27-28-65(83-76(96)101-47-64-62-24-14-12-22-60(62)61-23-13-15-25-63(61)64)75(95)78-32-34-98-36-38-100-49-71(91)80-46-59(87)44-56(42-54-19-10-7-11-20-54)74(94)82-67(40-51(3)4)69(89)30-31-72(92)102-77;/h6-15,17-20,22-25,50-51,55-56,64-67H,16,21,26-49H2,1-5H3,(H,78,95)(H,79,90)(H,80,91)(H,81,93)(H,82,94)(H,83,96);/q-1;+1. The molecule has 103 heavy (non-hydrogen) atoms. The van der Waals surface area contributed by atoms with Crippen molar-refractivity contribution in [1.29, 1.82) is 0 Å². The summed E-state index contributed by atoms with van der Waals surface area (Å²) in [5.41, 5.74) is 5.61. The molecule has 1 aliphatic rings. The fourth-order valence-corrected chi connectivity index (χ4v) is 12.4. The van der Waals surface area contributed by atoms with Crippen LogP contribution in [0.3, 0.4) is 0 Å². The maximum atomic E-state index is 13.7. The van der Waals surface area contributed by atoms with E-state index in [2.05, 4.69) is 31.9 Å². The maximum absolute atomic E-state index is 13.7. The van der Waals surface area contributed by atoms with Crippen LogP contribution in [0.2, 0.25) is 0 Å². The third-order valence-corrected chi connectivity index (χ3v) is 18.7. The van der Waals surface area contributed by atoms with Gasteiger partial charge in [-0.05, 0) is 103 Å². The van der Waals surface area contributed by atoms with Gasteiger partial charge in [-0.2, -0.15) is 0 Å². The topological polar surface area (TPSA) is 340 Å². The second-order valence-electron chi connectivity index (χ2n) is 26.1. The van der Waals surface area contributed by atoms with Crippen molar-refractivity contribution >= 4 is 104 Å². The third-order valence-electron chi connectivity index (χ3n) is 16.7. The van der Waals surface area contributed by atoms with E-state index >= 15 is 0 Å². The van der Waals surface area contributed by atoms with Crippen molar-refractivity contribution in [3.05, 3.63) is 131 Å². The maximum Gasteiger partial charge on any atom is 1.00 e. The number of rotatable bonds is 53. The van der Waals surface area contributed by atoms with E-state index in [0.29, 0.717) is 25.5 Å². The van der Waals surface area contributed by atoms with Gasteiger partial charge < -0.3 is 93.4 Å². The van der Waals surface area contributed by atoms with Crippen LogP contribution in [0.1, 0.15) is 140 Å². The Morgan fingerprint density at radius 2 is 0.932 bits per heavy atom. The van der Waals surface area contributed by atoms with Gasteiger partial charge in [-0.1, -0.05) is 137 Å². The first-order valence-electron chi connectivity index (χ1n) is 34.9. The molecule has 4 aromatic carbocycles. The number of benzene rings is 4. The van der Waals surface area contributed by atoms with Gasteiger partial charge in [0.25, 0.3) is 0 Å². The summed E-state index contributed by atoms with van der Waals surface area (Å²) in [5, 5.41) is 16.1. The van der Waals surface area contributed by atoms with Crippen molar-refractivity contribution in [2.24, 2.45) is 23.7 Å². The molecule has 0 bridgehead atoms. The van der Waals surface area contributed by atoms with Crippen LogP contribution < -0.4 is 83.3 Å². The summed E-state index contributed by atoms with van der Waals surface area (Å²) >= 11 is 1.92. The summed E-state index contributed by atoms with van der Waals surface area (Å²) in [7, 11) is 0. The van der Waals surface area contributed by atoms with Crippen LogP contribution in [0.25, 0.3) is 11.1 Å². The summed E-state index contributed by atoms with van der Waals surface area (Å²) in [6, 6.07) is 31.2. The van der Waals surface area contributed by atoms with E-state index in [1.165, 1.54) is 6.92 Å². The molecule has 0 spiro atoms. The second-order valence-corrected chi connectivity index (χ2v) is 28.2. The minimum atomic E-state index is -1.17. The van der Waals surface area contributed by atoms with Crippen molar-refractivity contribution in [3.8, 4) is 11.1 Å². The Hall–Kier alpha value is -6.17. The number of halogens is 1. The van der Waals surface area contributed by atoms with Crippen LogP contribution in [0.4, 0.5) is 4.79 Å². The molecule has 0 saturated carbocycles. The van der Waals surface area contributed by atoms with E-state index in [1.54, 1.807) is 0 Å². The molecule has 5 atom stereocenters. The van der Waals surface area contributed by atoms with E-state index in [-0.39, 0.29) is 241 Å². The molecule has 0 fully saturated rings. The largest absolute Gasteiger partial charge is 1.00 e. The van der Waals surface area contributed by atoms with Crippen molar-refractivity contribution in [2.45, 2.75) is 149 Å². The Labute approximate surface area is 661 Å². The molecule has 5 rings (SSSR count). The number of amides is 6. The smallest absolute Gasteiger partial charge is 0.449 e. The van der Waals surface area contributed by atoms with Gasteiger partial charge in [0.05, 0.1) is 58.2 Å². The molecule has 1 aliphatic carbocycles. The Morgan fingerprint density at radius 1 is 0.476 bits per heavy atom.